The molecule has 0 bridgehead atoms. The monoisotopic (exact) mass is 423 g/mol. The van der Waals surface area contributed by atoms with Gasteiger partial charge in [0.05, 0.1) is 25.4 Å². The number of nitrogens with one attached hydrogen (secondary N) is 1. The third kappa shape index (κ3) is 3.62. The summed E-state index contributed by atoms with van der Waals surface area (Å²) in [6, 6.07) is 27.8. The second-order valence-electron chi connectivity index (χ2n) is 8.04. The molecule has 0 unspecified atom stereocenters. The van der Waals surface area contributed by atoms with Gasteiger partial charge in [0.2, 0.25) is 0 Å². The summed E-state index contributed by atoms with van der Waals surface area (Å²) in [6.07, 6.45) is 2.07. The topological polar surface area (TPSA) is 46.5 Å². The lowest BCUT2D eigenvalue weighted by atomic mass is 10.00. The molecule has 5 heteroatoms. The van der Waals surface area contributed by atoms with Gasteiger partial charge in [-0.1, -0.05) is 54.1 Å². The molecule has 0 saturated heterocycles. The number of ether oxygens (including phenoxy) is 1. The molecule has 1 aliphatic rings. The van der Waals surface area contributed by atoms with Gasteiger partial charge >= 0.3 is 6.03 Å². The van der Waals surface area contributed by atoms with Crippen molar-refractivity contribution in [3.05, 3.63) is 114 Å². The van der Waals surface area contributed by atoms with E-state index in [1.807, 2.05) is 53.4 Å². The van der Waals surface area contributed by atoms with Gasteiger partial charge in [0.15, 0.2) is 0 Å². The third-order valence-corrected chi connectivity index (χ3v) is 5.90. The number of hydrogen-bond donors (Lipinski definition) is 1. The molecule has 0 fully saturated rings. The van der Waals surface area contributed by atoms with Crippen LogP contribution in [0.2, 0.25) is 0 Å². The number of carbonyl (C=O) groups excluding carboxylic acids is 1. The zero-order valence-corrected chi connectivity index (χ0v) is 18.2. The number of methoxy groups -OCH3 is 1. The molecule has 2 heterocycles. The number of hydrogen-bond acceptors (Lipinski definition) is 2. The van der Waals surface area contributed by atoms with Gasteiger partial charge < -0.3 is 19.5 Å². The van der Waals surface area contributed by atoms with Gasteiger partial charge in [0.25, 0.3) is 0 Å². The van der Waals surface area contributed by atoms with Crippen molar-refractivity contribution in [2.45, 2.75) is 19.5 Å². The van der Waals surface area contributed by atoms with E-state index in [9.17, 15) is 4.79 Å². The highest BCUT2D eigenvalue weighted by Gasteiger charge is 2.33. The minimum Gasteiger partial charge on any atom is -0.497 e. The number of aromatic nitrogens is 1. The molecule has 1 N–H and O–H groups in total. The number of carbonyl (C=O) groups is 1. The lowest BCUT2D eigenvalue weighted by Crippen LogP contribution is -2.37. The number of rotatable bonds is 3. The number of fused-ring (bicyclic) bond motifs is 3. The second kappa shape index (κ2) is 8.27. The van der Waals surface area contributed by atoms with Crippen molar-refractivity contribution in [1.29, 1.82) is 0 Å². The van der Waals surface area contributed by atoms with Crippen LogP contribution in [0.25, 0.3) is 5.69 Å². The zero-order valence-electron chi connectivity index (χ0n) is 18.2. The molecular weight excluding hydrogens is 398 g/mol. The van der Waals surface area contributed by atoms with E-state index in [1.165, 1.54) is 0 Å². The van der Waals surface area contributed by atoms with Crippen molar-refractivity contribution in [1.82, 2.24) is 9.47 Å². The van der Waals surface area contributed by atoms with E-state index in [4.69, 9.17) is 4.74 Å². The number of anilines is 1. The first-order chi connectivity index (χ1) is 15.6. The lowest BCUT2D eigenvalue weighted by molar-refractivity contribution is 0.194. The Morgan fingerprint density at radius 1 is 0.969 bits per heavy atom. The first kappa shape index (κ1) is 19.9. The van der Waals surface area contributed by atoms with Crippen LogP contribution in [0.4, 0.5) is 10.5 Å². The molecule has 3 aromatic carbocycles. The summed E-state index contributed by atoms with van der Waals surface area (Å²) >= 11 is 0. The summed E-state index contributed by atoms with van der Waals surface area (Å²) in [5.74, 6) is 0.702. The molecule has 4 aromatic rings. The number of para-hydroxylation sites is 1. The van der Waals surface area contributed by atoms with Crippen LogP contribution in [0, 0.1) is 6.92 Å². The van der Waals surface area contributed by atoms with Gasteiger partial charge in [-0.25, -0.2) is 4.79 Å². The van der Waals surface area contributed by atoms with Crippen molar-refractivity contribution >= 4 is 11.7 Å². The van der Waals surface area contributed by atoms with E-state index < -0.39 is 0 Å². The highest BCUT2D eigenvalue weighted by Crippen LogP contribution is 2.37. The van der Waals surface area contributed by atoms with Crippen molar-refractivity contribution in [3.8, 4) is 11.4 Å². The summed E-state index contributed by atoms with van der Waals surface area (Å²) in [7, 11) is 1.62. The fraction of sp³-hybridized carbons (Fsp3) is 0.148. The van der Waals surface area contributed by atoms with E-state index in [1.54, 1.807) is 7.11 Å². The first-order valence-corrected chi connectivity index (χ1v) is 10.7. The molecule has 0 saturated carbocycles. The molecule has 5 rings (SSSR count). The molecule has 160 valence electrons. The molecule has 1 atom stereocenters. The Labute approximate surface area is 187 Å². The largest absolute Gasteiger partial charge is 0.497 e. The van der Waals surface area contributed by atoms with Crippen molar-refractivity contribution in [2.24, 2.45) is 0 Å². The maximum Gasteiger partial charge on any atom is 0.322 e. The van der Waals surface area contributed by atoms with E-state index in [-0.39, 0.29) is 12.1 Å². The van der Waals surface area contributed by atoms with Gasteiger partial charge in [-0.3, -0.25) is 0 Å². The molecule has 0 radical (unpaired) electrons. The Bertz CT molecular complexity index is 1280. The van der Waals surface area contributed by atoms with Crippen LogP contribution in [0.1, 0.15) is 28.4 Å². The normalized spacial score (nSPS) is 14.8. The van der Waals surface area contributed by atoms with Crippen LogP contribution in [0.15, 0.2) is 91.1 Å². The Morgan fingerprint density at radius 3 is 2.66 bits per heavy atom. The standard InChI is InChI=1S/C27H25N3O2/c1-19-8-5-10-20(16-19)26-25-14-7-15-29(25)24-13-4-3-9-21(24)18-30(26)27(31)28-22-11-6-12-23(17-22)32-2/h3-17,26H,18H2,1-2H3,(H,28,31)/t26-/m1/s1. The molecule has 32 heavy (non-hydrogen) atoms. The molecule has 1 aromatic heterocycles. The Hall–Kier alpha value is -3.99. The number of aryl methyl sites for hydroxylation is 1. The van der Waals surface area contributed by atoms with Crippen molar-refractivity contribution in [2.75, 3.05) is 12.4 Å². The summed E-state index contributed by atoms with van der Waals surface area (Å²) in [4.78, 5) is 15.6. The fourth-order valence-electron chi connectivity index (χ4n) is 4.43. The molecule has 1 aliphatic heterocycles. The maximum atomic E-state index is 13.7. The van der Waals surface area contributed by atoms with Crippen molar-refractivity contribution < 1.29 is 9.53 Å². The van der Waals surface area contributed by atoms with E-state index in [0.29, 0.717) is 18.0 Å². The highest BCUT2D eigenvalue weighted by molar-refractivity contribution is 5.90. The summed E-state index contributed by atoms with van der Waals surface area (Å²) in [6.45, 7) is 2.57. The van der Waals surface area contributed by atoms with Crippen LogP contribution in [-0.2, 0) is 6.54 Å². The van der Waals surface area contributed by atoms with Gasteiger partial charge in [0.1, 0.15) is 5.75 Å². The fourth-order valence-corrected chi connectivity index (χ4v) is 4.43. The van der Waals surface area contributed by atoms with Crippen molar-refractivity contribution in [3.63, 3.8) is 0 Å². The first-order valence-electron chi connectivity index (χ1n) is 10.7. The molecule has 0 aliphatic carbocycles. The summed E-state index contributed by atoms with van der Waals surface area (Å²) in [5, 5.41) is 3.08. The number of amides is 2. The highest BCUT2D eigenvalue weighted by atomic mass is 16.5. The maximum absolute atomic E-state index is 13.7. The van der Waals surface area contributed by atoms with Gasteiger partial charge in [-0.2, -0.15) is 0 Å². The van der Waals surface area contributed by atoms with E-state index >= 15 is 0 Å². The van der Waals surface area contributed by atoms with E-state index in [0.717, 1.165) is 28.1 Å². The van der Waals surface area contributed by atoms with Gasteiger partial charge in [-0.15, -0.1) is 0 Å². The minimum absolute atomic E-state index is 0.158. The molecule has 5 nitrogen and oxygen atoms in total. The van der Waals surface area contributed by atoms with Gasteiger partial charge in [-0.05, 0) is 48.4 Å². The molecule has 0 spiro atoms. The predicted molar refractivity (Wildman–Crippen MR) is 126 cm³/mol. The number of benzene rings is 3. The molecule has 2 amide bonds. The van der Waals surface area contributed by atoms with Crippen LogP contribution < -0.4 is 10.1 Å². The summed E-state index contributed by atoms with van der Waals surface area (Å²) in [5.41, 5.74) is 6.20. The quantitative estimate of drug-likeness (QED) is 0.444. The second-order valence-corrected chi connectivity index (χ2v) is 8.04. The third-order valence-electron chi connectivity index (χ3n) is 5.90. The lowest BCUT2D eigenvalue weighted by Gasteiger charge is -2.31. The van der Waals surface area contributed by atoms with Crippen LogP contribution >= 0.6 is 0 Å². The Balaban J connectivity index is 1.62. The summed E-state index contributed by atoms with van der Waals surface area (Å²) < 4.78 is 7.52. The average Bonchev–Trinajstić information content (AvgIpc) is 3.23. The minimum atomic E-state index is -0.233. The SMILES string of the molecule is COc1cccc(NC(=O)N2Cc3ccccc3-n3cccc3[C@H]2c2cccc(C)c2)c1. The molecular formula is C27H25N3O2. The Morgan fingerprint density at radius 2 is 1.81 bits per heavy atom. The van der Waals surface area contributed by atoms with Crippen LogP contribution in [0.3, 0.4) is 0 Å². The van der Waals surface area contributed by atoms with Gasteiger partial charge in [0, 0.05) is 23.6 Å². The average molecular weight is 424 g/mol. The van der Waals surface area contributed by atoms with E-state index in [2.05, 4.69) is 59.4 Å². The predicted octanol–water partition coefficient (Wildman–Crippen LogP) is 5.93. The smallest absolute Gasteiger partial charge is 0.322 e. The number of urea groups is 1. The Kier molecular flexibility index (Phi) is 5.15. The zero-order chi connectivity index (χ0) is 22.1. The van der Waals surface area contributed by atoms with Crippen LogP contribution in [-0.4, -0.2) is 22.6 Å². The number of nitrogens with zero attached hydrogens (tertiary/aromatic N) is 2. The van der Waals surface area contributed by atoms with Crippen LogP contribution in [0.5, 0.6) is 5.75 Å².